The molecule has 29 heavy (non-hydrogen) atoms. The van der Waals surface area contributed by atoms with Gasteiger partial charge in [0.15, 0.2) is 6.10 Å². The third-order valence-electron chi connectivity index (χ3n) is 4.99. The number of para-hydroxylation sites is 1. The maximum atomic E-state index is 12.9. The van der Waals surface area contributed by atoms with Gasteiger partial charge in [0.1, 0.15) is 5.75 Å². The van der Waals surface area contributed by atoms with E-state index in [2.05, 4.69) is 12.2 Å². The Bertz CT molecular complexity index is 829. The fourth-order valence-electron chi connectivity index (χ4n) is 3.22. The number of morpholine rings is 1. The van der Waals surface area contributed by atoms with Crippen LogP contribution in [0.3, 0.4) is 0 Å². The molecule has 1 aliphatic heterocycles. The molecular weight excluding hydrogens is 368 g/mol. The number of hydrogen-bond donors (Lipinski definition) is 1. The molecule has 1 aliphatic rings. The first-order valence-corrected chi connectivity index (χ1v) is 10.1. The Morgan fingerprint density at radius 1 is 1.07 bits per heavy atom. The number of benzene rings is 2. The highest BCUT2D eigenvalue weighted by Crippen LogP contribution is 2.20. The van der Waals surface area contributed by atoms with Crippen LogP contribution >= 0.6 is 0 Å². The van der Waals surface area contributed by atoms with Crippen LogP contribution in [-0.2, 0) is 16.0 Å². The number of carbonyl (C=O) groups is 2. The van der Waals surface area contributed by atoms with E-state index in [4.69, 9.17) is 9.47 Å². The summed E-state index contributed by atoms with van der Waals surface area (Å²) in [5, 5.41) is 2.88. The van der Waals surface area contributed by atoms with Crippen LogP contribution in [0.5, 0.6) is 5.75 Å². The molecule has 1 unspecified atom stereocenters. The predicted molar refractivity (Wildman–Crippen MR) is 112 cm³/mol. The minimum absolute atomic E-state index is 0.103. The first-order valence-electron chi connectivity index (χ1n) is 10.1. The summed E-state index contributed by atoms with van der Waals surface area (Å²) in [4.78, 5) is 27.5. The van der Waals surface area contributed by atoms with Gasteiger partial charge in [-0.25, -0.2) is 0 Å². The highest BCUT2D eigenvalue weighted by molar-refractivity contribution is 6.04. The topological polar surface area (TPSA) is 67.9 Å². The highest BCUT2D eigenvalue weighted by atomic mass is 16.5. The zero-order valence-corrected chi connectivity index (χ0v) is 17.0. The number of nitrogens with zero attached hydrogens (tertiary/aromatic N) is 1. The molecule has 2 aromatic carbocycles. The van der Waals surface area contributed by atoms with Crippen LogP contribution in [0.25, 0.3) is 0 Å². The molecule has 0 radical (unpaired) electrons. The summed E-state index contributed by atoms with van der Waals surface area (Å²) in [6.45, 7) is 6.15. The van der Waals surface area contributed by atoms with Gasteiger partial charge in [-0.15, -0.1) is 0 Å². The monoisotopic (exact) mass is 396 g/mol. The molecule has 0 spiro atoms. The standard InChI is InChI=1S/C23H28N2O4/c1-3-17-9-11-18(12-10-17)29-21(4-2)22(26)24-20-8-6-5-7-19(20)23(27)25-13-15-28-16-14-25/h5-12,21H,3-4,13-16H2,1-2H3,(H,24,26). The van der Waals surface area contributed by atoms with Crippen LogP contribution in [0.15, 0.2) is 48.5 Å². The van der Waals surface area contributed by atoms with Crippen LogP contribution in [0.2, 0.25) is 0 Å². The predicted octanol–water partition coefficient (Wildman–Crippen LogP) is 3.52. The molecule has 6 heteroatoms. The lowest BCUT2D eigenvalue weighted by Crippen LogP contribution is -2.41. The van der Waals surface area contributed by atoms with Crippen LogP contribution in [0.1, 0.15) is 36.2 Å². The molecular formula is C23H28N2O4. The molecule has 0 bridgehead atoms. The fraction of sp³-hybridized carbons (Fsp3) is 0.391. The normalized spacial score (nSPS) is 14.9. The lowest BCUT2D eigenvalue weighted by Gasteiger charge is -2.27. The average molecular weight is 396 g/mol. The number of rotatable bonds is 7. The van der Waals surface area contributed by atoms with Crippen molar-refractivity contribution in [1.29, 1.82) is 0 Å². The van der Waals surface area contributed by atoms with Crippen molar-refractivity contribution in [2.45, 2.75) is 32.8 Å². The van der Waals surface area contributed by atoms with Crippen molar-refractivity contribution in [3.8, 4) is 5.75 Å². The number of ether oxygens (including phenoxy) is 2. The third kappa shape index (κ3) is 5.35. The van der Waals surface area contributed by atoms with Crippen LogP contribution in [-0.4, -0.2) is 49.1 Å². The Balaban J connectivity index is 1.70. The van der Waals surface area contributed by atoms with Crippen molar-refractivity contribution < 1.29 is 19.1 Å². The smallest absolute Gasteiger partial charge is 0.265 e. The summed E-state index contributed by atoms with van der Waals surface area (Å²) in [7, 11) is 0. The minimum Gasteiger partial charge on any atom is -0.481 e. The number of amides is 2. The molecule has 1 heterocycles. The summed E-state index contributed by atoms with van der Waals surface area (Å²) in [5.41, 5.74) is 2.19. The molecule has 1 atom stereocenters. The summed E-state index contributed by atoms with van der Waals surface area (Å²) in [6, 6.07) is 14.8. The second-order valence-corrected chi connectivity index (χ2v) is 6.95. The Hall–Kier alpha value is -2.86. The van der Waals surface area contributed by atoms with Gasteiger partial charge in [-0.2, -0.15) is 0 Å². The quantitative estimate of drug-likeness (QED) is 0.778. The Labute approximate surface area is 171 Å². The first kappa shape index (κ1) is 20.9. The number of aryl methyl sites for hydroxylation is 1. The SMILES string of the molecule is CCc1ccc(OC(CC)C(=O)Nc2ccccc2C(=O)N2CCOCC2)cc1. The zero-order chi connectivity index (χ0) is 20.6. The second kappa shape index (κ2) is 10.1. The lowest BCUT2D eigenvalue weighted by atomic mass is 10.1. The van der Waals surface area contributed by atoms with Crippen molar-refractivity contribution in [3.05, 3.63) is 59.7 Å². The summed E-state index contributed by atoms with van der Waals surface area (Å²) < 4.78 is 11.2. The van der Waals surface area contributed by atoms with Gasteiger partial charge in [0.2, 0.25) is 0 Å². The van der Waals surface area contributed by atoms with Gasteiger partial charge >= 0.3 is 0 Å². The van der Waals surface area contributed by atoms with E-state index >= 15 is 0 Å². The van der Waals surface area contributed by atoms with Gasteiger partial charge in [-0.1, -0.05) is 38.1 Å². The molecule has 1 N–H and O–H groups in total. The van der Waals surface area contributed by atoms with Crippen molar-refractivity contribution in [3.63, 3.8) is 0 Å². The number of anilines is 1. The number of carbonyl (C=O) groups excluding carboxylic acids is 2. The van der Waals surface area contributed by atoms with Crippen molar-refractivity contribution >= 4 is 17.5 Å². The number of nitrogens with one attached hydrogen (secondary N) is 1. The Morgan fingerprint density at radius 3 is 2.41 bits per heavy atom. The van der Waals surface area contributed by atoms with Crippen molar-refractivity contribution in [2.75, 3.05) is 31.6 Å². The molecule has 0 aromatic heterocycles. The van der Waals surface area contributed by atoms with Crippen molar-refractivity contribution in [2.24, 2.45) is 0 Å². The Morgan fingerprint density at radius 2 is 1.76 bits per heavy atom. The van der Waals surface area contributed by atoms with Crippen LogP contribution < -0.4 is 10.1 Å². The molecule has 6 nitrogen and oxygen atoms in total. The van der Waals surface area contributed by atoms with Gasteiger partial charge < -0.3 is 19.7 Å². The van der Waals surface area contributed by atoms with E-state index < -0.39 is 6.10 Å². The van der Waals surface area contributed by atoms with E-state index in [-0.39, 0.29) is 11.8 Å². The summed E-state index contributed by atoms with van der Waals surface area (Å²) >= 11 is 0. The van der Waals surface area contributed by atoms with Gasteiger partial charge in [-0.05, 0) is 42.7 Å². The molecule has 0 saturated carbocycles. The second-order valence-electron chi connectivity index (χ2n) is 6.95. The van der Waals surface area contributed by atoms with Gasteiger partial charge in [0.25, 0.3) is 11.8 Å². The summed E-state index contributed by atoms with van der Waals surface area (Å²) in [6.07, 6.45) is 0.821. The lowest BCUT2D eigenvalue weighted by molar-refractivity contribution is -0.122. The van der Waals surface area contributed by atoms with E-state index in [1.165, 1.54) is 5.56 Å². The van der Waals surface area contributed by atoms with E-state index in [0.717, 1.165) is 6.42 Å². The van der Waals surface area contributed by atoms with Gasteiger partial charge in [-0.3, -0.25) is 9.59 Å². The molecule has 2 amide bonds. The zero-order valence-electron chi connectivity index (χ0n) is 17.0. The molecule has 1 saturated heterocycles. The molecule has 0 aliphatic carbocycles. The average Bonchev–Trinajstić information content (AvgIpc) is 2.78. The highest BCUT2D eigenvalue weighted by Gasteiger charge is 2.24. The first-order chi connectivity index (χ1) is 14.1. The van der Waals surface area contributed by atoms with Crippen molar-refractivity contribution in [1.82, 2.24) is 4.90 Å². The van der Waals surface area contributed by atoms with E-state index in [0.29, 0.717) is 49.7 Å². The number of hydrogen-bond acceptors (Lipinski definition) is 4. The Kier molecular flexibility index (Phi) is 7.25. The van der Waals surface area contributed by atoms with E-state index in [1.54, 1.807) is 29.2 Å². The van der Waals surface area contributed by atoms with Gasteiger partial charge in [0, 0.05) is 13.1 Å². The molecule has 2 aromatic rings. The molecule has 1 fully saturated rings. The fourth-order valence-corrected chi connectivity index (χ4v) is 3.22. The minimum atomic E-state index is -0.644. The largest absolute Gasteiger partial charge is 0.481 e. The van der Waals surface area contributed by atoms with E-state index in [1.807, 2.05) is 31.2 Å². The van der Waals surface area contributed by atoms with E-state index in [9.17, 15) is 9.59 Å². The summed E-state index contributed by atoms with van der Waals surface area (Å²) in [5.74, 6) is 0.282. The maximum Gasteiger partial charge on any atom is 0.265 e. The molecule has 154 valence electrons. The van der Waals surface area contributed by atoms with Crippen LogP contribution in [0, 0.1) is 0 Å². The van der Waals surface area contributed by atoms with Crippen LogP contribution in [0.4, 0.5) is 5.69 Å². The third-order valence-corrected chi connectivity index (χ3v) is 4.99. The maximum absolute atomic E-state index is 12.9. The van der Waals surface area contributed by atoms with Gasteiger partial charge in [0.05, 0.1) is 24.5 Å². The molecule has 3 rings (SSSR count).